The topological polar surface area (TPSA) is 69.8 Å². The highest BCUT2D eigenvalue weighted by Crippen LogP contribution is 1.92. The molecule has 72 valence electrons. The Labute approximate surface area is 76.9 Å². The Bertz CT molecular complexity index is 245. The van der Waals surface area contributed by atoms with Crippen LogP contribution in [0.2, 0.25) is 0 Å². The van der Waals surface area contributed by atoms with Crippen LogP contribution in [0.4, 0.5) is 4.79 Å². The van der Waals surface area contributed by atoms with Crippen molar-refractivity contribution in [1.29, 1.82) is 0 Å². The second-order valence-corrected chi connectivity index (χ2v) is 2.65. The zero-order valence-electron chi connectivity index (χ0n) is 7.63. The Morgan fingerprint density at radius 2 is 2.54 bits per heavy atom. The predicted molar refractivity (Wildman–Crippen MR) is 49.4 cm³/mol. The van der Waals surface area contributed by atoms with E-state index in [0.29, 0.717) is 6.54 Å². The molecule has 13 heavy (non-hydrogen) atoms. The van der Waals surface area contributed by atoms with Crippen LogP contribution in [-0.2, 0) is 6.42 Å². The van der Waals surface area contributed by atoms with Crippen molar-refractivity contribution in [2.24, 2.45) is 0 Å². The number of carbonyl (C=O) groups is 1. The van der Waals surface area contributed by atoms with E-state index in [1.54, 1.807) is 19.4 Å². The first-order valence-electron chi connectivity index (χ1n) is 4.27. The second-order valence-electron chi connectivity index (χ2n) is 2.65. The molecule has 0 bridgehead atoms. The van der Waals surface area contributed by atoms with Crippen molar-refractivity contribution < 1.29 is 4.79 Å². The molecule has 1 heterocycles. The first kappa shape index (κ1) is 9.57. The van der Waals surface area contributed by atoms with Gasteiger partial charge in [0.1, 0.15) is 5.82 Å². The van der Waals surface area contributed by atoms with Gasteiger partial charge in [-0.3, -0.25) is 0 Å². The monoisotopic (exact) mass is 182 g/mol. The summed E-state index contributed by atoms with van der Waals surface area (Å²) < 4.78 is 0. The summed E-state index contributed by atoms with van der Waals surface area (Å²) in [5, 5.41) is 5.19. The number of nitrogens with one attached hydrogen (secondary N) is 3. The molecule has 0 saturated carbocycles. The minimum Gasteiger partial charge on any atom is -0.349 e. The Hall–Kier alpha value is -1.52. The van der Waals surface area contributed by atoms with Crippen LogP contribution in [0, 0.1) is 0 Å². The summed E-state index contributed by atoms with van der Waals surface area (Å²) in [6.45, 7) is 0.667. The summed E-state index contributed by atoms with van der Waals surface area (Å²) in [4.78, 5) is 17.8. The van der Waals surface area contributed by atoms with Gasteiger partial charge in [0.25, 0.3) is 0 Å². The van der Waals surface area contributed by atoms with E-state index in [1.165, 1.54) is 0 Å². The summed E-state index contributed by atoms with van der Waals surface area (Å²) in [5.41, 5.74) is 0. The number of nitrogens with zero attached hydrogens (tertiary/aromatic N) is 1. The summed E-state index contributed by atoms with van der Waals surface area (Å²) in [7, 11) is 1.60. The highest BCUT2D eigenvalue weighted by molar-refractivity contribution is 5.73. The normalized spacial score (nSPS) is 9.62. The number of H-pyrrole nitrogens is 1. The lowest BCUT2D eigenvalue weighted by molar-refractivity contribution is 0.243. The molecule has 0 atom stereocenters. The third kappa shape index (κ3) is 3.59. The first-order chi connectivity index (χ1) is 6.33. The van der Waals surface area contributed by atoms with Crippen LogP contribution in [0.3, 0.4) is 0 Å². The van der Waals surface area contributed by atoms with Gasteiger partial charge >= 0.3 is 6.03 Å². The van der Waals surface area contributed by atoms with E-state index < -0.39 is 0 Å². The average molecular weight is 182 g/mol. The van der Waals surface area contributed by atoms with Crippen LogP contribution < -0.4 is 10.6 Å². The summed E-state index contributed by atoms with van der Waals surface area (Å²) in [5.74, 6) is 0.957. The van der Waals surface area contributed by atoms with Gasteiger partial charge in [-0.15, -0.1) is 0 Å². The van der Waals surface area contributed by atoms with Crippen LogP contribution >= 0.6 is 0 Å². The molecule has 0 saturated heterocycles. The minimum atomic E-state index is -0.139. The van der Waals surface area contributed by atoms with Gasteiger partial charge in [0.05, 0.1) is 0 Å². The molecule has 5 heteroatoms. The molecule has 0 radical (unpaired) electrons. The maximum atomic E-state index is 10.7. The Balaban J connectivity index is 2.05. The van der Waals surface area contributed by atoms with E-state index in [0.717, 1.165) is 18.7 Å². The lowest BCUT2D eigenvalue weighted by Crippen LogP contribution is -2.33. The second kappa shape index (κ2) is 5.18. The number of aromatic nitrogens is 2. The first-order valence-corrected chi connectivity index (χ1v) is 4.27. The highest BCUT2D eigenvalue weighted by Gasteiger charge is 1.96. The smallest absolute Gasteiger partial charge is 0.314 e. The number of amides is 2. The van der Waals surface area contributed by atoms with E-state index in [2.05, 4.69) is 20.6 Å². The van der Waals surface area contributed by atoms with Crippen molar-refractivity contribution in [1.82, 2.24) is 20.6 Å². The maximum absolute atomic E-state index is 10.7. The van der Waals surface area contributed by atoms with E-state index in [-0.39, 0.29) is 6.03 Å². The maximum Gasteiger partial charge on any atom is 0.314 e. The average Bonchev–Trinajstić information content (AvgIpc) is 2.64. The van der Waals surface area contributed by atoms with Crippen LogP contribution in [0.15, 0.2) is 12.4 Å². The zero-order valence-corrected chi connectivity index (χ0v) is 7.63. The molecular weight excluding hydrogens is 168 g/mol. The summed E-state index contributed by atoms with van der Waals surface area (Å²) >= 11 is 0. The van der Waals surface area contributed by atoms with Crippen molar-refractivity contribution in [2.45, 2.75) is 12.8 Å². The van der Waals surface area contributed by atoms with Gasteiger partial charge in [0.2, 0.25) is 0 Å². The number of urea groups is 1. The third-order valence-electron chi connectivity index (χ3n) is 1.66. The van der Waals surface area contributed by atoms with Gasteiger partial charge in [-0.1, -0.05) is 0 Å². The van der Waals surface area contributed by atoms with Crippen LogP contribution in [0.5, 0.6) is 0 Å². The highest BCUT2D eigenvalue weighted by atomic mass is 16.2. The number of imidazole rings is 1. The molecule has 1 rings (SSSR count). The van der Waals surface area contributed by atoms with Crippen LogP contribution in [-0.4, -0.2) is 29.6 Å². The molecule has 0 unspecified atom stereocenters. The molecule has 0 fully saturated rings. The number of rotatable bonds is 4. The fourth-order valence-corrected chi connectivity index (χ4v) is 0.981. The molecule has 5 nitrogen and oxygen atoms in total. The molecule has 0 aliphatic heterocycles. The number of hydrogen-bond acceptors (Lipinski definition) is 2. The van der Waals surface area contributed by atoms with Crippen LogP contribution in [0.1, 0.15) is 12.2 Å². The number of aryl methyl sites for hydroxylation is 1. The van der Waals surface area contributed by atoms with E-state index in [9.17, 15) is 4.79 Å². The van der Waals surface area contributed by atoms with E-state index in [4.69, 9.17) is 0 Å². The van der Waals surface area contributed by atoms with Crippen LogP contribution in [0.25, 0.3) is 0 Å². The molecule has 1 aromatic rings. The van der Waals surface area contributed by atoms with E-state index in [1.807, 2.05) is 0 Å². The summed E-state index contributed by atoms with van der Waals surface area (Å²) in [6.07, 6.45) is 5.26. The number of hydrogen-bond donors (Lipinski definition) is 3. The molecular formula is C8H14N4O. The summed E-state index contributed by atoms with van der Waals surface area (Å²) in [6, 6.07) is -0.139. The van der Waals surface area contributed by atoms with Gasteiger partial charge in [0.15, 0.2) is 0 Å². The zero-order chi connectivity index (χ0) is 9.52. The van der Waals surface area contributed by atoms with Crippen molar-refractivity contribution in [3.63, 3.8) is 0 Å². The molecule has 0 aliphatic rings. The van der Waals surface area contributed by atoms with Gasteiger partial charge in [-0.25, -0.2) is 9.78 Å². The Morgan fingerprint density at radius 1 is 1.69 bits per heavy atom. The van der Waals surface area contributed by atoms with Gasteiger partial charge < -0.3 is 15.6 Å². The lowest BCUT2D eigenvalue weighted by Gasteiger charge is -2.02. The standard InChI is InChI=1S/C8H14N4O/c1-9-8(13)12-4-2-3-7-10-5-6-11-7/h5-6H,2-4H2,1H3,(H,10,11)(H2,9,12,13). The van der Waals surface area contributed by atoms with Gasteiger partial charge in [-0.2, -0.15) is 0 Å². The number of carbonyl (C=O) groups excluding carboxylic acids is 1. The molecule has 0 spiro atoms. The predicted octanol–water partition coefficient (Wildman–Crippen LogP) is 0.271. The fourth-order valence-electron chi connectivity index (χ4n) is 0.981. The molecule has 0 aliphatic carbocycles. The molecule has 0 aromatic carbocycles. The van der Waals surface area contributed by atoms with Gasteiger partial charge in [-0.05, 0) is 6.42 Å². The van der Waals surface area contributed by atoms with Crippen molar-refractivity contribution in [3.05, 3.63) is 18.2 Å². The van der Waals surface area contributed by atoms with Crippen molar-refractivity contribution >= 4 is 6.03 Å². The largest absolute Gasteiger partial charge is 0.349 e. The third-order valence-corrected chi connectivity index (χ3v) is 1.66. The fraction of sp³-hybridized carbons (Fsp3) is 0.500. The Kier molecular flexibility index (Phi) is 3.81. The lowest BCUT2D eigenvalue weighted by atomic mass is 10.3. The van der Waals surface area contributed by atoms with Crippen molar-refractivity contribution in [3.8, 4) is 0 Å². The molecule has 2 amide bonds. The van der Waals surface area contributed by atoms with Gasteiger partial charge in [0, 0.05) is 32.4 Å². The minimum absolute atomic E-state index is 0.139. The molecule has 3 N–H and O–H groups in total. The SMILES string of the molecule is CNC(=O)NCCCc1ncc[nH]1. The Morgan fingerprint density at radius 3 is 3.15 bits per heavy atom. The van der Waals surface area contributed by atoms with E-state index >= 15 is 0 Å². The number of aromatic amines is 1. The molecule has 1 aromatic heterocycles. The van der Waals surface area contributed by atoms with Crippen molar-refractivity contribution in [2.75, 3.05) is 13.6 Å². The quantitative estimate of drug-likeness (QED) is 0.585.